The third-order valence-electron chi connectivity index (χ3n) is 3.08. The van der Waals surface area contributed by atoms with Gasteiger partial charge in [-0.3, -0.25) is 0 Å². The summed E-state index contributed by atoms with van der Waals surface area (Å²) in [6.07, 6.45) is 0.667. The summed E-state index contributed by atoms with van der Waals surface area (Å²) in [5.41, 5.74) is 9.49. The van der Waals surface area contributed by atoms with Gasteiger partial charge in [0.05, 0.1) is 10.0 Å². The highest BCUT2D eigenvalue weighted by Crippen LogP contribution is 2.29. The summed E-state index contributed by atoms with van der Waals surface area (Å²) < 4.78 is 1.09. The zero-order valence-corrected chi connectivity index (χ0v) is 13.6. The standard InChI is InChI=1S/C15H14BrCl2N/c1-9-7-10(5-6-12(9)16)14(19)8-11-3-2-4-13(17)15(11)18/h2-7,14H,8,19H2,1H3. The first-order valence-electron chi connectivity index (χ1n) is 5.93. The minimum Gasteiger partial charge on any atom is -0.324 e. The maximum atomic E-state index is 6.25. The number of hydrogen-bond acceptors (Lipinski definition) is 1. The van der Waals surface area contributed by atoms with Crippen molar-refractivity contribution >= 4 is 39.1 Å². The fraction of sp³-hybridized carbons (Fsp3) is 0.200. The average molecular weight is 359 g/mol. The van der Waals surface area contributed by atoms with Gasteiger partial charge in [0.15, 0.2) is 0 Å². The van der Waals surface area contributed by atoms with E-state index in [0.29, 0.717) is 16.5 Å². The molecule has 0 saturated carbocycles. The lowest BCUT2D eigenvalue weighted by atomic mass is 9.98. The van der Waals surface area contributed by atoms with Crippen LogP contribution < -0.4 is 5.73 Å². The maximum absolute atomic E-state index is 6.25. The summed E-state index contributed by atoms with van der Waals surface area (Å²) >= 11 is 15.7. The van der Waals surface area contributed by atoms with Gasteiger partial charge < -0.3 is 5.73 Å². The van der Waals surface area contributed by atoms with Crippen LogP contribution >= 0.6 is 39.1 Å². The third-order valence-corrected chi connectivity index (χ3v) is 4.83. The van der Waals surface area contributed by atoms with E-state index in [2.05, 4.69) is 22.0 Å². The van der Waals surface area contributed by atoms with Crippen LogP contribution in [-0.2, 0) is 6.42 Å². The van der Waals surface area contributed by atoms with E-state index >= 15 is 0 Å². The van der Waals surface area contributed by atoms with E-state index in [1.807, 2.05) is 31.2 Å². The Labute approximate surface area is 131 Å². The van der Waals surface area contributed by atoms with Crippen molar-refractivity contribution in [3.05, 3.63) is 67.6 Å². The minimum atomic E-state index is -0.0947. The minimum absolute atomic E-state index is 0.0947. The Morgan fingerprint density at radius 1 is 1.21 bits per heavy atom. The fourth-order valence-corrected chi connectivity index (χ4v) is 2.60. The summed E-state index contributed by atoms with van der Waals surface area (Å²) in [4.78, 5) is 0. The van der Waals surface area contributed by atoms with Crippen molar-refractivity contribution in [2.75, 3.05) is 0 Å². The number of hydrogen-bond donors (Lipinski definition) is 1. The molecule has 0 aliphatic rings. The topological polar surface area (TPSA) is 26.0 Å². The van der Waals surface area contributed by atoms with Gasteiger partial charge in [-0.2, -0.15) is 0 Å². The molecule has 0 heterocycles. The van der Waals surface area contributed by atoms with Gasteiger partial charge in [0.1, 0.15) is 0 Å². The summed E-state index contributed by atoms with van der Waals surface area (Å²) in [6, 6.07) is 11.7. The van der Waals surface area contributed by atoms with Crippen molar-refractivity contribution in [2.45, 2.75) is 19.4 Å². The van der Waals surface area contributed by atoms with Crippen LogP contribution in [0.2, 0.25) is 10.0 Å². The highest BCUT2D eigenvalue weighted by molar-refractivity contribution is 9.10. The Balaban J connectivity index is 2.23. The van der Waals surface area contributed by atoms with Crippen molar-refractivity contribution in [3.63, 3.8) is 0 Å². The van der Waals surface area contributed by atoms with Crippen LogP contribution in [0, 0.1) is 6.92 Å². The van der Waals surface area contributed by atoms with Gasteiger partial charge in [-0.1, -0.05) is 63.4 Å². The Kier molecular flexibility index (Phi) is 4.91. The van der Waals surface area contributed by atoms with Crippen LogP contribution in [0.3, 0.4) is 0 Å². The Bertz CT molecular complexity index is 599. The largest absolute Gasteiger partial charge is 0.324 e. The molecule has 100 valence electrons. The van der Waals surface area contributed by atoms with Crippen LogP contribution in [0.15, 0.2) is 40.9 Å². The Morgan fingerprint density at radius 3 is 2.63 bits per heavy atom. The van der Waals surface area contributed by atoms with E-state index in [1.54, 1.807) is 6.07 Å². The van der Waals surface area contributed by atoms with Crippen LogP contribution in [0.5, 0.6) is 0 Å². The van der Waals surface area contributed by atoms with Gasteiger partial charge in [-0.15, -0.1) is 0 Å². The van der Waals surface area contributed by atoms with E-state index in [-0.39, 0.29) is 6.04 Å². The summed E-state index contributed by atoms with van der Waals surface area (Å²) in [7, 11) is 0. The molecule has 1 unspecified atom stereocenters. The monoisotopic (exact) mass is 357 g/mol. The smallest absolute Gasteiger partial charge is 0.0624 e. The lowest BCUT2D eigenvalue weighted by Gasteiger charge is -2.15. The van der Waals surface area contributed by atoms with Gasteiger partial charge in [-0.05, 0) is 42.2 Å². The molecule has 4 heteroatoms. The van der Waals surface area contributed by atoms with Crippen molar-refractivity contribution < 1.29 is 0 Å². The number of aryl methyl sites for hydroxylation is 1. The van der Waals surface area contributed by atoms with E-state index in [4.69, 9.17) is 28.9 Å². The first kappa shape index (κ1) is 14.9. The second-order valence-corrected chi connectivity index (χ2v) is 6.17. The number of benzene rings is 2. The van der Waals surface area contributed by atoms with E-state index < -0.39 is 0 Å². The lowest BCUT2D eigenvalue weighted by Crippen LogP contribution is -2.13. The molecule has 2 rings (SSSR count). The molecule has 1 nitrogen and oxygen atoms in total. The molecule has 1 atom stereocenters. The highest BCUT2D eigenvalue weighted by Gasteiger charge is 2.12. The SMILES string of the molecule is Cc1cc(C(N)Cc2cccc(Cl)c2Cl)ccc1Br. The molecule has 0 aromatic heterocycles. The molecule has 2 aromatic carbocycles. The van der Waals surface area contributed by atoms with Gasteiger partial charge in [0.25, 0.3) is 0 Å². The second kappa shape index (κ2) is 6.27. The quantitative estimate of drug-likeness (QED) is 0.790. The fourth-order valence-electron chi connectivity index (χ4n) is 1.96. The number of rotatable bonds is 3. The normalized spacial score (nSPS) is 12.5. The van der Waals surface area contributed by atoms with E-state index in [1.165, 1.54) is 5.56 Å². The Hall–Kier alpha value is -0.540. The molecule has 0 bridgehead atoms. The van der Waals surface area contributed by atoms with Crippen molar-refractivity contribution in [2.24, 2.45) is 5.73 Å². The van der Waals surface area contributed by atoms with Crippen molar-refractivity contribution in [3.8, 4) is 0 Å². The van der Waals surface area contributed by atoms with Crippen molar-refractivity contribution in [1.82, 2.24) is 0 Å². The van der Waals surface area contributed by atoms with Gasteiger partial charge in [-0.25, -0.2) is 0 Å². The number of nitrogens with two attached hydrogens (primary N) is 1. The third kappa shape index (κ3) is 3.51. The van der Waals surface area contributed by atoms with E-state index in [0.717, 1.165) is 15.6 Å². The van der Waals surface area contributed by atoms with Gasteiger partial charge >= 0.3 is 0 Å². The molecular weight excluding hydrogens is 345 g/mol. The zero-order chi connectivity index (χ0) is 14.0. The molecule has 19 heavy (non-hydrogen) atoms. The van der Waals surface area contributed by atoms with E-state index in [9.17, 15) is 0 Å². The molecule has 2 aromatic rings. The second-order valence-electron chi connectivity index (χ2n) is 4.53. The van der Waals surface area contributed by atoms with Gasteiger partial charge in [0, 0.05) is 10.5 Å². The lowest BCUT2D eigenvalue weighted by molar-refractivity contribution is 0.721. The summed E-state index contributed by atoms with van der Waals surface area (Å²) in [5.74, 6) is 0. The molecule has 0 amide bonds. The molecule has 0 radical (unpaired) electrons. The average Bonchev–Trinajstić information content (AvgIpc) is 2.38. The predicted octanol–water partition coefficient (Wildman–Crippen LogP) is 5.31. The molecule has 0 aliphatic carbocycles. The molecule has 0 aliphatic heterocycles. The van der Waals surface area contributed by atoms with Crippen LogP contribution in [0.25, 0.3) is 0 Å². The molecule has 2 N–H and O–H groups in total. The van der Waals surface area contributed by atoms with Crippen LogP contribution in [0.4, 0.5) is 0 Å². The maximum Gasteiger partial charge on any atom is 0.0624 e. The molecule has 0 spiro atoms. The zero-order valence-electron chi connectivity index (χ0n) is 10.5. The summed E-state index contributed by atoms with van der Waals surface area (Å²) in [6.45, 7) is 2.05. The highest BCUT2D eigenvalue weighted by atomic mass is 79.9. The first-order chi connectivity index (χ1) is 8.99. The molecular formula is C15H14BrCl2N. The summed E-state index contributed by atoms with van der Waals surface area (Å²) in [5, 5.41) is 1.16. The van der Waals surface area contributed by atoms with Gasteiger partial charge in [0.2, 0.25) is 0 Å². The van der Waals surface area contributed by atoms with Crippen molar-refractivity contribution in [1.29, 1.82) is 0 Å². The molecule has 0 fully saturated rings. The predicted molar refractivity (Wildman–Crippen MR) is 86.0 cm³/mol. The van der Waals surface area contributed by atoms with Crippen LogP contribution in [0.1, 0.15) is 22.7 Å². The molecule has 0 saturated heterocycles. The first-order valence-corrected chi connectivity index (χ1v) is 7.48. The Morgan fingerprint density at radius 2 is 1.95 bits per heavy atom. The number of halogens is 3. The van der Waals surface area contributed by atoms with Crippen LogP contribution in [-0.4, -0.2) is 0 Å².